The number of rotatable bonds is 8. The second-order valence-corrected chi connectivity index (χ2v) is 5.75. The Labute approximate surface area is 159 Å². The average molecular weight is 365 g/mol. The topological polar surface area (TPSA) is 64.6 Å². The van der Waals surface area contributed by atoms with Gasteiger partial charge in [0.05, 0.1) is 0 Å². The van der Waals surface area contributed by atoms with Crippen molar-refractivity contribution >= 4 is 17.6 Å². The fraction of sp³-hybridized carbons (Fsp3) is 0.182. The predicted octanol–water partition coefficient (Wildman–Crippen LogP) is 4.27. The van der Waals surface area contributed by atoms with Gasteiger partial charge in [0.15, 0.2) is 6.10 Å². The van der Waals surface area contributed by atoms with Crippen LogP contribution in [0.2, 0.25) is 0 Å². The normalized spacial score (nSPS) is 12.1. The molecule has 0 fully saturated rings. The van der Waals surface area contributed by atoms with Gasteiger partial charge in [-0.05, 0) is 43.7 Å². The van der Waals surface area contributed by atoms with Crippen molar-refractivity contribution in [2.75, 3.05) is 5.32 Å². The molecule has 0 aliphatic carbocycles. The molecule has 0 heterocycles. The first-order valence-corrected chi connectivity index (χ1v) is 8.66. The molecule has 2 aromatic carbocycles. The minimum absolute atomic E-state index is 0.402. The summed E-state index contributed by atoms with van der Waals surface area (Å²) in [5, 5.41) is 2.71. The predicted molar refractivity (Wildman–Crippen MR) is 105 cm³/mol. The Balaban J connectivity index is 1.82. The number of carbonyl (C=O) groups excluding carboxylic acids is 2. The van der Waals surface area contributed by atoms with Gasteiger partial charge in [-0.3, -0.25) is 4.79 Å². The number of allylic oxidation sites excluding steroid dienone is 3. The van der Waals surface area contributed by atoms with Crippen molar-refractivity contribution in [1.29, 1.82) is 0 Å². The van der Waals surface area contributed by atoms with Crippen molar-refractivity contribution in [3.63, 3.8) is 0 Å². The van der Waals surface area contributed by atoms with E-state index in [9.17, 15) is 9.59 Å². The lowest BCUT2D eigenvalue weighted by Crippen LogP contribution is -2.29. The van der Waals surface area contributed by atoms with Gasteiger partial charge >= 0.3 is 5.97 Å². The van der Waals surface area contributed by atoms with Gasteiger partial charge in [0.2, 0.25) is 0 Å². The highest BCUT2D eigenvalue weighted by atomic mass is 16.5. The van der Waals surface area contributed by atoms with Crippen LogP contribution in [0.1, 0.15) is 19.4 Å². The Morgan fingerprint density at radius 3 is 2.41 bits per heavy atom. The Morgan fingerprint density at radius 1 is 1.04 bits per heavy atom. The number of benzene rings is 2. The quantitative estimate of drug-likeness (QED) is 0.431. The van der Waals surface area contributed by atoms with Gasteiger partial charge in [-0.25, -0.2) is 4.79 Å². The highest BCUT2D eigenvalue weighted by Crippen LogP contribution is 2.17. The first kappa shape index (κ1) is 20.0. The van der Waals surface area contributed by atoms with Gasteiger partial charge in [-0.1, -0.05) is 48.6 Å². The van der Waals surface area contributed by atoms with E-state index >= 15 is 0 Å². The van der Waals surface area contributed by atoms with Crippen LogP contribution in [0.15, 0.2) is 78.9 Å². The number of anilines is 1. The van der Waals surface area contributed by atoms with E-state index in [0.29, 0.717) is 18.0 Å². The lowest BCUT2D eigenvalue weighted by atomic mass is 10.2. The van der Waals surface area contributed by atoms with Crippen LogP contribution in [-0.4, -0.2) is 18.0 Å². The Morgan fingerprint density at radius 2 is 1.74 bits per heavy atom. The van der Waals surface area contributed by atoms with Crippen molar-refractivity contribution in [3.05, 3.63) is 84.5 Å². The van der Waals surface area contributed by atoms with E-state index in [4.69, 9.17) is 9.47 Å². The molecule has 1 amide bonds. The van der Waals surface area contributed by atoms with Crippen LogP contribution in [0.25, 0.3) is 0 Å². The molecule has 0 aliphatic heterocycles. The smallest absolute Gasteiger partial charge is 0.331 e. The Hall–Kier alpha value is -3.34. The zero-order valence-corrected chi connectivity index (χ0v) is 15.4. The zero-order valence-electron chi connectivity index (χ0n) is 15.4. The van der Waals surface area contributed by atoms with E-state index in [1.54, 1.807) is 42.5 Å². The molecule has 0 spiro atoms. The van der Waals surface area contributed by atoms with Crippen molar-refractivity contribution in [2.24, 2.45) is 0 Å². The number of nitrogens with one attached hydrogen (secondary N) is 1. The molecule has 0 aliphatic rings. The summed E-state index contributed by atoms with van der Waals surface area (Å²) in [5.41, 5.74) is 1.67. The van der Waals surface area contributed by atoms with Crippen molar-refractivity contribution in [3.8, 4) is 5.75 Å². The Kier molecular flexibility index (Phi) is 7.85. The highest BCUT2D eigenvalue weighted by molar-refractivity contribution is 5.96. The van der Waals surface area contributed by atoms with Crippen LogP contribution in [0.4, 0.5) is 5.69 Å². The summed E-state index contributed by atoms with van der Waals surface area (Å²) < 4.78 is 10.7. The molecular formula is C22H23NO4. The summed E-state index contributed by atoms with van der Waals surface area (Å²) in [6.07, 6.45) is 5.41. The molecule has 1 atom stereocenters. The Bertz CT molecular complexity index is 795. The lowest BCUT2D eigenvalue weighted by Gasteiger charge is -2.13. The largest absolute Gasteiger partial charge is 0.489 e. The maximum absolute atomic E-state index is 12.1. The van der Waals surface area contributed by atoms with Gasteiger partial charge in [0, 0.05) is 11.8 Å². The molecule has 0 saturated carbocycles. The van der Waals surface area contributed by atoms with Crippen LogP contribution in [-0.2, 0) is 20.9 Å². The van der Waals surface area contributed by atoms with Gasteiger partial charge < -0.3 is 14.8 Å². The van der Waals surface area contributed by atoms with Gasteiger partial charge in [-0.15, -0.1) is 0 Å². The zero-order chi connectivity index (χ0) is 19.5. The summed E-state index contributed by atoms with van der Waals surface area (Å²) in [6.45, 7) is 3.83. The minimum atomic E-state index is -0.901. The number of carbonyl (C=O) groups is 2. The van der Waals surface area contributed by atoms with E-state index < -0.39 is 18.0 Å². The fourth-order valence-corrected chi connectivity index (χ4v) is 2.13. The molecule has 2 aromatic rings. The third kappa shape index (κ3) is 7.20. The van der Waals surface area contributed by atoms with E-state index in [1.165, 1.54) is 13.0 Å². The standard InChI is InChI=1S/C22H23NO4/c1-3-4-6-11-21(24)27-17(2)22(25)23-19-12-14-20(15-13-19)26-16-18-9-7-5-8-10-18/h3-15,17H,16H2,1-2H3,(H,23,25)/b4-3+,11-6+/t17-/m0/s1. The average Bonchev–Trinajstić information content (AvgIpc) is 2.68. The molecule has 0 unspecified atom stereocenters. The molecule has 0 radical (unpaired) electrons. The first-order valence-electron chi connectivity index (χ1n) is 8.66. The fourth-order valence-electron chi connectivity index (χ4n) is 2.13. The van der Waals surface area contributed by atoms with Crippen LogP contribution < -0.4 is 10.1 Å². The third-order valence-electron chi connectivity index (χ3n) is 3.57. The van der Waals surface area contributed by atoms with Gasteiger partial charge in [-0.2, -0.15) is 0 Å². The number of esters is 1. The maximum atomic E-state index is 12.1. The lowest BCUT2D eigenvalue weighted by molar-refractivity contribution is -0.148. The molecule has 0 aromatic heterocycles. The number of hydrogen-bond acceptors (Lipinski definition) is 4. The second kappa shape index (κ2) is 10.6. The van der Waals surface area contributed by atoms with Crippen molar-refractivity contribution in [1.82, 2.24) is 0 Å². The molecule has 0 bridgehead atoms. The molecule has 5 nitrogen and oxygen atoms in total. The SMILES string of the molecule is C/C=C/C=C/C(=O)O[C@@H](C)C(=O)Nc1ccc(OCc2ccccc2)cc1. The summed E-state index contributed by atoms with van der Waals surface area (Å²) >= 11 is 0. The van der Waals surface area contributed by atoms with Crippen molar-refractivity contribution < 1.29 is 19.1 Å². The highest BCUT2D eigenvalue weighted by Gasteiger charge is 2.16. The summed E-state index contributed by atoms with van der Waals surface area (Å²) in [6, 6.07) is 16.9. The van der Waals surface area contributed by atoms with Gasteiger partial charge in [0.1, 0.15) is 12.4 Å². The summed E-state index contributed by atoms with van der Waals surface area (Å²) in [7, 11) is 0. The number of ether oxygens (including phenoxy) is 2. The number of amides is 1. The van der Waals surface area contributed by atoms with Crippen LogP contribution >= 0.6 is 0 Å². The maximum Gasteiger partial charge on any atom is 0.331 e. The van der Waals surface area contributed by atoms with Crippen LogP contribution in [0.5, 0.6) is 5.75 Å². The molecule has 2 rings (SSSR count). The van der Waals surface area contributed by atoms with E-state index in [-0.39, 0.29) is 0 Å². The molecular weight excluding hydrogens is 342 g/mol. The molecule has 27 heavy (non-hydrogen) atoms. The summed E-state index contributed by atoms with van der Waals surface area (Å²) in [5.74, 6) is -0.272. The van der Waals surface area contributed by atoms with Crippen LogP contribution in [0, 0.1) is 0 Å². The first-order chi connectivity index (χ1) is 13.1. The molecule has 1 N–H and O–H groups in total. The van der Waals surface area contributed by atoms with E-state index in [0.717, 1.165) is 5.56 Å². The monoisotopic (exact) mass is 365 g/mol. The molecule has 140 valence electrons. The van der Waals surface area contributed by atoms with Gasteiger partial charge in [0.25, 0.3) is 5.91 Å². The molecule has 5 heteroatoms. The third-order valence-corrected chi connectivity index (χ3v) is 3.57. The van der Waals surface area contributed by atoms with Crippen LogP contribution in [0.3, 0.4) is 0 Å². The van der Waals surface area contributed by atoms with E-state index in [2.05, 4.69) is 5.32 Å². The molecule has 0 saturated heterocycles. The summed E-state index contributed by atoms with van der Waals surface area (Å²) in [4.78, 5) is 23.7. The van der Waals surface area contributed by atoms with E-state index in [1.807, 2.05) is 37.3 Å². The minimum Gasteiger partial charge on any atom is -0.489 e. The second-order valence-electron chi connectivity index (χ2n) is 5.75. The van der Waals surface area contributed by atoms with Crippen molar-refractivity contribution in [2.45, 2.75) is 26.6 Å². The number of hydrogen-bond donors (Lipinski definition) is 1.